The lowest BCUT2D eigenvalue weighted by atomic mass is 10.1. The van der Waals surface area contributed by atoms with E-state index in [1.165, 1.54) is 20.1 Å². The van der Waals surface area contributed by atoms with Crippen molar-refractivity contribution in [2.45, 2.75) is 13.1 Å². The fraction of sp³-hybridized carbons (Fsp3) is 0.300. The number of alkyl halides is 3. The lowest BCUT2D eigenvalue weighted by Gasteiger charge is -2.13. The molecule has 6 heteroatoms. The summed E-state index contributed by atoms with van der Waals surface area (Å²) in [5.41, 5.74) is -0.644. The molecule has 0 N–H and O–H groups in total. The molecule has 0 aromatic heterocycles. The van der Waals surface area contributed by atoms with E-state index < -0.39 is 11.7 Å². The fourth-order valence-electron chi connectivity index (χ4n) is 1.21. The molecule has 88 valence electrons. The SMILES string of the molecule is COc1cc(C(F)(F)F)c(I)cc1C(C)=O. The van der Waals surface area contributed by atoms with E-state index in [2.05, 4.69) is 0 Å². The zero-order chi connectivity index (χ0) is 12.5. The van der Waals surface area contributed by atoms with Crippen molar-refractivity contribution >= 4 is 28.4 Å². The second kappa shape index (κ2) is 4.60. The van der Waals surface area contributed by atoms with Crippen molar-refractivity contribution in [3.8, 4) is 5.75 Å². The molecule has 0 spiro atoms. The highest BCUT2D eigenvalue weighted by Crippen LogP contribution is 2.36. The molecule has 1 rings (SSSR count). The van der Waals surface area contributed by atoms with Gasteiger partial charge in [0.25, 0.3) is 0 Å². The van der Waals surface area contributed by atoms with Crippen molar-refractivity contribution < 1.29 is 22.7 Å². The van der Waals surface area contributed by atoms with Gasteiger partial charge in [-0.05, 0) is 41.6 Å². The van der Waals surface area contributed by atoms with Crippen LogP contribution in [0.4, 0.5) is 13.2 Å². The number of carbonyl (C=O) groups is 1. The van der Waals surface area contributed by atoms with Crippen LogP contribution in [-0.4, -0.2) is 12.9 Å². The summed E-state index contributed by atoms with van der Waals surface area (Å²) in [5.74, 6) is -0.385. The standard InChI is InChI=1S/C10H8F3IO2/c1-5(15)6-3-8(14)7(10(11,12)13)4-9(6)16-2/h3-4H,1-2H3. The van der Waals surface area contributed by atoms with Crippen LogP contribution in [0.2, 0.25) is 0 Å². The van der Waals surface area contributed by atoms with Gasteiger partial charge in [0.1, 0.15) is 5.75 Å². The van der Waals surface area contributed by atoms with E-state index >= 15 is 0 Å². The van der Waals surface area contributed by atoms with E-state index in [9.17, 15) is 18.0 Å². The summed E-state index contributed by atoms with van der Waals surface area (Å²) in [7, 11) is 1.23. The minimum atomic E-state index is -4.45. The first-order valence-corrected chi connectivity index (χ1v) is 5.31. The summed E-state index contributed by atoms with van der Waals surface area (Å²) in [6, 6.07) is 2.03. The third kappa shape index (κ3) is 2.66. The zero-order valence-corrected chi connectivity index (χ0v) is 10.6. The third-order valence-electron chi connectivity index (χ3n) is 1.97. The van der Waals surface area contributed by atoms with Gasteiger partial charge in [-0.1, -0.05) is 0 Å². The third-order valence-corrected chi connectivity index (χ3v) is 2.87. The number of carbonyl (C=O) groups excluding carboxylic acids is 1. The summed E-state index contributed by atoms with van der Waals surface area (Å²) in [6.07, 6.45) is -4.45. The van der Waals surface area contributed by atoms with E-state index in [4.69, 9.17) is 4.74 Å². The molecule has 16 heavy (non-hydrogen) atoms. The number of hydrogen-bond donors (Lipinski definition) is 0. The van der Waals surface area contributed by atoms with E-state index in [0.717, 1.165) is 6.07 Å². The van der Waals surface area contributed by atoms with Crippen LogP contribution in [-0.2, 0) is 6.18 Å². The van der Waals surface area contributed by atoms with E-state index in [-0.39, 0.29) is 20.7 Å². The lowest BCUT2D eigenvalue weighted by Crippen LogP contribution is -2.10. The second-order valence-corrected chi connectivity index (χ2v) is 4.25. The maximum Gasteiger partial charge on any atom is 0.417 e. The Kier molecular flexibility index (Phi) is 3.82. The van der Waals surface area contributed by atoms with Crippen LogP contribution < -0.4 is 4.74 Å². The van der Waals surface area contributed by atoms with Gasteiger partial charge in [-0.3, -0.25) is 4.79 Å². The van der Waals surface area contributed by atoms with Gasteiger partial charge in [-0.15, -0.1) is 0 Å². The van der Waals surface area contributed by atoms with Crippen LogP contribution in [0.25, 0.3) is 0 Å². The molecule has 0 aliphatic heterocycles. The van der Waals surface area contributed by atoms with Crippen molar-refractivity contribution in [3.05, 3.63) is 26.8 Å². The molecule has 0 aliphatic rings. The predicted molar refractivity (Wildman–Crippen MR) is 60.7 cm³/mol. The predicted octanol–water partition coefficient (Wildman–Crippen LogP) is 3.52. The van der Waals surface area contributed by atoms with Crippen molar-refractivity contribution in [2.24, 2.45) is 0 Å². The fourth-order valence-corrected chi connectivity index (χ4v) is 1.99. The number of Topliss-reactive ketones (excluding diaryl/α,β-unsaturated/α-hetero) is 1. The zero-order valence-electron chi connectivity index (χ0n) is 8.48. The highest BCUT2D eigenvalue weighted by Gasteiger charge is 2.34. The highest BCUT2D eigenvalue weighted by atomic mass is 127. The molecule has 0 atom stereocenters. The van der Waals surface area contributed by atoms with Gasteiger partial charge in [0.2, 0.25) is 0 Å². The Hall–Kier alpha value is -0.790. The van der Waals surface area contributed by atoms with Gasteiger partial charge in [-0.25, -0.2) is 0 Å². The number of rotatable bonds is 2. The molecule has 0 aliphatic carbocycles. The smallest absolute Gasteiger partial charge is 0.417 e. The largest absolute Gasteiger partial charge is 0.496 e. The van der Waals surface area contributed by atoms with Crippen molar-refractivity contribution in [2.75, 3.05) is 7.11 Å². The summed E-state index contributed by atoms with van der Waals surface area (Å²) >= 11 is 1.55. The summed E-state index contributed by atoms with van der Waals surface area (Å²) < 4.78 is 42.4. The maximum absolute atomic E-state index is 12.6. The first-order chi connectivity index (χ1) is 7.27. The van der Waals surface area contributed by atoms with E-state index in [0.29, 0.717) is 0 Å². The molecule has 1 aromatic rings. The first-order valence-electron chi connectivity index (χ1n) is 4.23. The van der Waals surface area contributed by atoms with Crippen molar-refractivity contribution in [1.82, 2.24) is 0 Å². The van der Waals surface area contributed by atoms with Crippen LogP contribution in [0.1, 0.15) is 22.8 Å². The molecule has 2 nitrogen and oxygen atoms in total. The van der Waals surface area contributed by atoms with Gasteiger partial charge in [0.15, 0.2) is 5.78 Å². The second-order valence-electron chi connectivity index (χ2n) is 3.09. The summed E-state index contributed by atoms with van der Waals surface area (Å²) in [6.45, 7) is 1.28. The summed E-state index contributed by atoms with van der Waals surface area (Å²) in [5, 5.41) is 0. The van der Waals surface area contributed by atoms with Crippen LogP contribution in [0.15, 0.2) is 12.1 Å². The Balaban J connectivity index is 3.43. The molecule has 0 radical (unpaired) electrons. The van der Waals surface area contributed by atoms with Crippen molar-refractivity contribution in [3.63, 3.8) is 0 Å². The quantitative estimate of drug-likeness (QED) is 0.606. The minimum Gasteiger partial charge on any atom is -0.496 e. The molecule has 0 amide bonds. The summed E-state index contributed by atoms with van der Waals surface area (Å²) in [4.78, 5) is 11.2. The lowest BCUT2D eigenvalue weighted by molar-refractivity contribution is -0.138. The maximum atomic E-state index is 12.6. The molecule has 0 saturated heterocycles. The molecule has 0 fully saturated rings. The van der Waals surface area contributed by atoms with Gasteiger partial charge in [-0.2, -0.15) is 13.2 Å². The number of halogens is 4. The number of methoxy groups -OCH3 is 1. The Morgan fingerprint density at radius 3 is 2.31 bits per heavy atom. The Morgan fingerprint density at radius 1 is 1.38 bits per heavy atom. The first kappa shape index (κ1) is 13.3. The van der Waals surface area contributed by atoms with Crippen LogP contribution >= 0.6 is 22.6 Å². The normalized spacial score (nSPS) is 11.4. The average molecular weight is 344 g/mol. The minimum absolute atomic E-state index is 0.0175. The Morgan fingerprint density at radius 2 is 1.94 bits per heavy atom. The molecule has 0 saturated carbocycles. The number of ether oxygens (including phenoxy) is 1. The average Bonchev–Trinajstić information content (AvgIpc) is 2.15. The molecular weight excluding hydrogens is 336 g/mol. The van der Waals surface area contributed by atoms with E-state index in [1.54, 1.807) is 22.6 Å². The molecule has 0 bridgehead atoms. The van der Waals surface area contributed by atoms with Gasteiger partial charge < -0.3 is 4.74 Å². The number of ketones is 1. The van der Waals surface area contributed by atoms with Gasteiger partial charge in [0, 0.05) is 3.57 Å². The van der Waals surface area contributed by atoms with Gasteiger partial charge in [0.05, 0.1) is 18.2 Å². The van der Waals surface area contributed by atoms with Crippen LogP contribution in [0, 0.1) is 3.57 Å². The molecular formula is C10H8F3IO2. The van der Waals surface area contributed by atoms with Crippen molar-refractivity contribution in [1.29, 1.82) is 0 Å². The molecule has 0 heterocycles. The van der Waals surface area contributed by atoms with Crippen LogP contribution in [0.3, 0.4) is 0 Å². The number of benzene rings is 1. The highest BCUT2D eigenvalue weighted by molar-refractivity contribution is 14.1. The Labute approximate surface area is 104 Å². The Bertz CT molecular complexity index is 427. The topological polar surface area (TPSA) is 26.3 Å². The number of hydrogen-bond acceptors (Lipinski definition) is 2. The monoisotopic (exact) mass is 344 g/mol. The molecule has 1 aromatic carbocycles. The van der Waals surface area contributed by atoms with Gasteiger partial charge >= 0.3 is 6.18 Å². The van der Waals surface area contributed by atoms with E-state index in [1.807, 2.05) is 0 Å². The van der Waals surface area contributed by atoms with Crippen LogP contribution in [0.5, 0.6) is 5.75 Å². The molecule has 0 unspecified atom stereocenters.